The molecule has 0 unspecified atom stereocenters. The summed E-state index contributed by atoms with van der Waals surface area (Å²) in [6.45, 7) is 0. The van der Waals surface area contributed by atoms with Crippen LogP contribution in [0.25, 0.3) is 11.3 Å². The Labute approximate surface area is 107 Å². The van der Waals surface area contributed by atoms with Gasteiger partial charge in [0.05, 0.1) is 12.0 Å². The van der Waals surface area contributed by atoms with E-state index in [4.69, 9.17) is 16.3 Å². The first-order chi connectivity index (χ1) is 8.61. The molecule has 2 heterocycles. The maximum Gasteiger partial charge on any atom is 0.295 e. The maximum atomic E-state index is 10.9. The summed E-state index contributed by atoms with van der Waals surface area (Å²) in [5.74, 6) is 0.420. The summed E-state index contributed by atoms with van der Waals surface area (Å²) in [7, 11) is 1.49. The highest BCUT2D eigenvalue weighted by Gasteiger charge is 2.17. The first-order valence-corrected chi connectivity index (χ1v) is 5.31. The van der Waals surface area contributed by atoms with Crippen LogP contribution < -0.4 is 4.74 Å². The van der Waals surface area contributed by atoms with E-state index < -0.39 is 4.92 Å². The zero-order valence-electron chi connectivity index (χ0n) is 9.33. The molecule has 92 valence electrons. The number of hydrogen-bond acceptors (Lipinski definition) is 5. The van der Waals surface area contributed by atoms with Crippen LogP contribution in [0.1, 0.15) is 0 Å². The SMILES string of the molecule is COc1ccc(-c2nc(Cl)ccc2[N+](=O)[O-])cn1. The highest BCUT2D eigenvalue weighted by atomic mass is 35.5. The standard InChI is InChI=1S/C11H8ClN3O3/c1-18-10-5-2-7(6-13-10)11-8(15(16)17)3-4-9(12)14-11/h2-6H,1H3. The van der Waals surface area contributed by atoms with Crippen LogP contribution in [0.3, 0.4) is 0 Å². The highest BCUT2D eigenvalue weighted by molar-refractivity contribution is 6.29. The van der Waals surface area contributed by atoms with E-state index in [9.17, 15) is 10.1 Å². The van der Waals surface area contributed by atoms with Crippen molar-refractivity contribution >= 4 is 17.3 Å². The van der Waals surface area contributed by atoms with Gasteiger partial charge in [0.2, 0.25) is 5.88 Å². The van der Waals surface area contributed by atoms with Crippen molar-refractivity contribution in [1.82, 2.24) is 9.97 Å². The molecular weight excluding hydrogens is 258 g/mol. The fraction of sp³-hybridized carbons (Fsp3) is 0.0909. The van der Waals surface area contributed by atoms with Crippen molar-refractivity contribution in [2.45, 2.75) is 0 Å². The smallest absolute Gasteiger partial charge is 0.295 e. The van der Waals surface area contributed by atoms with E-state index in [0.29, 0.717) is 11.4 Å². The average Bonchev–Trinajstić information content (AvgIpc) is 2.38. The van der Waals surface area contributed by atoms with Crippen LogP contribution in [0.5, 0.6) is 5.88 Å². The van der Waals surface area contributed by atoms with Crippen LogP contribution in [-0.4, -0.2) is 22.0 Å². The van der Waals surface area contributed by atoms with Crippen LogP contribution >= 0.6 is 11.6 Å². The van der Waals surface area contributed by atoms with Gasteiger partial charge in [-0.15, -0.1) is 0 Å². The lowest BCUT2D eigenvalue weighted by molar-refractivity contribution is -0.384. The number of nitro groups is 1. The Hall–Kier alpha value is -2.21. The summed E-state index contributed by atoms with van der Waals surface area (Å²) in [6, 6.07) is 5.92. The third kappa shape index (κ3) is 2.38. The van der Waals surface area contributed by atoms with Crippen molar-refractivity contribution in [2.24, 2.45) is 0 Å². The molecule has 18 heavy (non-hydrogen) atoms. The lowest BCUT2D eigenvalue weighted by Gasteiger charge is -2.03. The van der Waals surface area contributed by atoms with Gasteiger partial charge in [-0.05, 0) is 12.1 Å². The normalized spacial score (nSPS) is 10.1. The molecular formula is C11H8ClN3O3. The first-order valence-electron chi connectivity index (χ1n) is 4.93. The Morgan fingerprint density at radius 2 is 2.11 bits per heavy atom. The van der Waals surface area contributed by atoms with Gasteiger partial charge < -0.3 is 4.74 Å². The summed E-state index contributed by atoms with van der Waals surface area (Å²) in [6.07, 6.45) is 1.45. The summed E-state index contributed by atoms with van der Waals surface area (Å²) >= 11 is 5.75. The quantitative estimate of drug-likeness (QED) is 0.484. The fourth-order valence-electron chi connectivity index (χ4n) is 1.43. The summed E-state index contributed by atoms with van der Waals surface area (Å²) in [5, 5.41) is 11.1. The van der Waals surface area contributed by atoms with Crippen LogP contribution in [0.2, 0.25) is 5.15 Å². The van der Waals surface area contributed by atoms with Gasteiger partial charge >= 0.3 is 0 Å². The number of aromatic nitrogens is 2. The third-order valence-corrected chi connectivity index (χ3v) is 2.47. The molecule has 0 spiro atoms. The molecule has 6 nitrogen and oxygen atoms in total. The molecule has 0 aliphatic heterocycles. The molecule has 7 heteroatoms. The van der Waals surface area contributed by atoms with E-state index in [1.54, 1.807) is 12.1 Å². The predicted molar refractivity (Wildman–Crippen MR) is 65.7 cm³/mol. The number of pyridine rings is 2. The molecule has 0 amide bonds. The second kappa shape index (κ2) is 4.97. The molecule has 0 bridgehead atoms. The maximum absolute atomic E-state index is 10.9. The van der Waals surface area contributed by atoms with Crippen LogP contribution in [0.4, 0.5) is 5.69 Å². The van der Waals surface area contributed by atoms with Gasteiger partial charge in [-0.3, -0.25) is 10.1 Å². The molecule has 0 aromatic carbocycles. The Morgan fingerprint density at radius 3 is 2.67 bits per heavy atom. The van der Waals surface area contributed by atoms with Crippen LogP contribution in [0, 0.1) is 10.1 Å². The minimum Gasteiger partial charge on any atom is -0.481 e. The van der Waals surface area contributed by atoms with E-state index in [2.05, 4.69) is 9.97 Å². The van der Waals surface area contributed by atoms with Crippen molar-refractivity contribution in [2.75, 3.05) is 7.11 Å². The highest BCUT2D eigenvalue weighted by Crippen LogP contribution is 2.29. The molecule has 0 saturated carbocycles. The van der Waals surface area contributed by atoms with E-state index >= 15 is 0 Å². The minimum atomic E-state index is -0.511. The summed E-state index contributed by atoms with van der Waals surface area (Å²) in [5.41, 5.74) is 0.569. The summed E-state index contributed by atoms with van der Waals surface area (Å²) < 4.78 is 4.92. The fourth-order valence-corrected chi connectivity index (χ4v) is 1.58. The van der Waals surface area contributed by atoms with Gasteiger partial charge in [-0.25, -0.2) is 9.97 Å². The van der Waals surface area contributed by atoms with Gasteiger partial charge in [0.25, 0.3) is 5.69 Å². The van der Waals surface area contributed by atoms with Crippen molar-refractivity contribution in [3.8, 4) is 17.1 Å². The molecule has 2 aromatic heterocycles. The molecule has 0 N–H and O–H groups in total. The lowest BCUT2D eigenvalue weighted by Crippen LogP contribution is -1.96. The van der Waals surface area contributed by atoms with E-state index in [1.807, 2.05) is 0 Å². The zero-order chi connectivity index (χ0) is 13.1. The van der Waals surface area contributed by atoms with Gasteiger partial charge in [0, 0.05) is 23.9 Å². The average molecular weight is 266 g/mol. The molecule has 0 aliphatic rings. The first kappa shape index (κ1) is 12.3. The summed E-state index contributed by atoms with van der Waals surface area (Å²) in [4.78, 5) is 18.3. The van der Waals surface area contributed by atoms with Crippen LogP contribution in [-0.2, 0) is 0 Å². The molecule has 0 atom stereocenters. The number of halogens is 1. The number of methoxy groups -OCH3 is 1. The van der Waals surface area contributed by atoms with Crippen molar-refractivity contribution in [3.63, 3.8) is 0 Å². The van der Waals surface area contributed by atoms with E-state index in [1.165, 1.54) is 25.4 Å². The molecule has 2 rings (SSSR count). The Morgan fingerprint density at radius 1 is 1.33 bits per heavy atom. The molecule has 0 saturated heterocycles. The van der Waals surface area contributed by atoms with Crippen molar-refractivity contribution in [3.05, 3.63) is 45.7 Å². The number of ether oxygens (including phenoxy) is 1. The largest absolute Gasteiger partial charge is 0.481 e. The number of rotatable bonds is 3. The van der Waals surface area contributed by atoms with Gasteiger partial charge in [-0.2, -0.15) is 0 Å². The van der Waals surface area contributed by atoms with E-state index in [0.717, 1.165) is 0 Å². The molecule has 2 aromatic rings. The minimum absolute atomic E-state index is 0.119. The van der Waals surface area contributed by atoms with Gasteiger partial charge in [0.15, 0.2) is 5.69 Å². The van der Waals surface area contributed by atoms with Crippen molar-refractivity contribution < 1.29 is 9.66 Å². The van der Waals surface area contributed by atoms with Crippen molar-refractivity contribution in [1.29, 1.82) is 0 Å². The lowest BCUT2D eigenvalue weighted by atomic mass is 10.1. The number of hydrogen-bond donors (Lipinski definition) is 0. The Balaban J connectivity index is 2.54. The molecule has 0 aliphatic carbocycles. The topological polar surface area (TPSA) is 78.2 Å². The Bertz CT molecular complexity index is 587. The molecule has 0 radical (unpaired) electrons. The monoisotopic (exact) mass is 265 g/mol. The molecule has 0 fully saturated rings. The van der Waals surface area contributed by atoms with E-state index in [-0.39, 0.29) is 16.5 Å². The second-order valence-electron chi connectivity index (χ2n) is 3.35. The zero-order valence-corrected chi connectivity index (χ0v) is 10.1. The predicted octanol–water partition coefficient (Wildman–Crippen LogP) is 2.71. The second-order valence-corrected chi connectivity index (χ2v) is 3.74. The van der Waals surface area contributed by atoms with Gasteiger partial charge in [0.1, 0.15) is 5.15 Å². The van der Waals surface area contributed by atoms with Crippen LogP contribution in [0.15, 0.2) is 30.5 Å². The third-order valence-electron chi connectivity index (χ3n) is 2.26. The number of nitrogens with zero attached hydrogens (tertiary/aromatic N) is 3. The van der Waals surface area contributed by atoms with Gasteiger partial charge in [-0.1, -0.05) is 11.6 Å². The Kier molecular flexibility index (Phi) is 3.38.